The molecule has 0 aliphatic carbocycles. The summed E-state index contributed by atoms with van der Waals surface area (Å²) in [6, 6.07) is 16.0. The maximum absolute atomic E-state index is 12.5. The van der Waals surface area contributed by atoms with Crippen LogP contribution in [-0.4, -0.2) is 37.7 Å². The van der Waals surface area contributed by atoms with Crippen molar-refractivity contribution in [3.05, 3.63) is 71.3 Å². The number of benzene rings is 2. The Bertz CT molecular complexity index is 863. The second-order valence-corrected chi connectivity index (χ2v) is 6.09. The van der Waals surface area contributed by atoms with E-state index in [-0.39, 0.29) is 11.8 Å². The molecule has 0 radical (unpaired) electrons. The monoisotopic (exact) mass is 365 g/mol. The summed E-state index contributed by atoms with van der Waals surface area (Å²) in [4.78, 5) is 36.0. The number of hydrogen-bond acceptors (Lipinski definition) is 5. The molecule has 0 bridgehead atoms. The van der Waals surface area contributed by atoms with Crippen molar-refractivity contribution < 1.29 is 19.1 Å². The van der Waals surface area contributed by atoms with Crippen LogP contribution in [0.15, 0.2) is 59.7 Å². The lowest BCUT2D eigenvalue weighted by Crippen LogP contribution is -2.34. The second-order valence-electron chi connectivity index (χ2n) is 6.09. The van der Waals surface area contributed by atoms with Crippen molar-refractivity contribution in [2.24, 2.45) is 11.0 Å². The Balaban J connectivity index is 1.65. The largest absolute Gasteiger partial charge is 0.465 e. The first kappa shape index (κ1) is 18.3. The number of nitrogens with zero attached hydrogens (tertiary/aromatic N) is 1. The molecule has 1 aliphatic rings. The standard InChI is InChI=1S/C20H19N3O4/c1-27-20(26)15-9-7-13(8-10-15)11-22-23-19(25)17-16(12-21-18(17)24)14-5-3-2-4-6-14/h2-11,16-17H,12H2,1H3,(H,21,24)(H,23,25)/b22-11-. The molecule has 2 aromatic rings. The van der Waals surface area contributed by atoms with Gasteiger partial charge in [0, 0.05) is 12.5 Å². The molecular formula is C20H19N3O4. The molecule has 7 heteroatoms. The molecule has 2 unspecified atom stereocenters. The number of carbonyl (C=O) groups excluding carboxylic acids is 3. The van der Waals surface area contributed by atoms with Crippen LogP contribution in [0.4, 0.5) is 0 Å². The molecule has 1 fully saturated rings. The Morgan fingerprint density at radius 2 is 1.85 bits per heavy atom. The van der Waals surface area contributed by atoms with Gasteiger partial charge in [0.25, 0.3) is 5.91 Å². The molecule has 0 saturated carbocycles. The maximum atomic E-state index is 12.5. The van der Waals surface area contributed by atoms with Gasteiger partial charge in [-0.25, -0.2) is 10.2 Å². The first-order valence-corrected chi connectivity index (χ1v) is 8.44. The number of carbonyl (C=O) groups is 3. The van der Waals surface area contributed by atoms with Crippen molar-refractivity contribution in [1.29, 1.82) is 0 Å². The Kier molecular flexibility index (Phi) is 5.61. The van der Waals surface area contributed by atoms with Gasteiger partial charge in [0.2, 0.25) is 5.91 Å². The number of ether oxygens (including phenoxy) is 1. The van der Waals surface area contributed by atoms with E-state index in [0.717, 1.165) is 5.56 Å². The van der Waals surface area contributed by atoms with Gasteiger partial charge in [-0.3, -0.25) is 9.59 Å². The molecule has 1 saturated heterocycles. The molecule has 2 atom stereocenters. The summed E-state index contributed by atoms with van der Waals surface area (Å²) in [5, 5.41) is 6.66. The average Bonchev–Trinajstić information content (AvgIpc) is 3.10. The van der Waals surface area contributed by atoms with Crippen LogP contribution < -0.4 is 10.7 Å². The fourth-order valence-corrected chi connectivity index (χ4v) is 3.00. The number of hydrogen-bond donors (Lipinski definition) is 2. The van der Waals surface area contributed by atoms with Crippen molar-refractivity contribution >= 4 is 24.0 Å². The molecule has 2 aromatic carbocycles. The average molecular weight is 365 g/mol. The second kappa shape index (κ2) is 8.27. The van der Waals surface area contributed by atoms with E-state index in [1.165, 1.54) is 13.3 Å². The topological polar surface area (TPSA) is 96.9 Å². The van der Waals surface area contributed by atoms with Crippen LogP contribution in [-0.2, 0) is 14.3 Å². The number of nitrogens with one attached hydrogen (secondary N) is 2. The van der Waals surface area contributed by atoms with Crippen LogP contribution in [0.2, 0.25) is 0 Å². The van der Waals surface area contributed by atoms with Crippen LogP contribution in [0.5, 0.6) is 0 Å². The smallest absolute Gasteiger partial charge is 0.337 e. The van der Waals surface area contributed by atoms with Crippen molar-refractivity contribution in [3.63, 3.8) is 0 Å². The van der Waals surface area contributed by atoms with Gasteiger partial charge in [-0.1, -0.05) is 42.5 Å². The Labute approximate surface area is 156 Å². The summed E-state index contributed by atoms with van der Waals surface area (Å²) in [5.41, 5.74) is 4.48. The van der Waals surface area contributed by atoms with Crippen LogP contribution in [0.1, 0.15) is 27.4 Å². The quantitative estimate of drug-likeness (QED) is 0.363. The Morgan fingerprint density at radius 1 is 1.15 bits per heavy atom. The predicted molar refractivity (Wildman–Crippen MR) is 99.2 cm³/mol. The highest BCUT2D eigenvalue weighted by Crippen LogP contribution is 2.28. The molecule has 2 amide bonds. The Morgan fingerprint density at radius 3 is 2.52 bits per heavy atom. The van der Waals surface area contributed by atoms with Gasteiger partial charge in [0.05, 0.1) is 18.9 Å². The minimum atomic E-state index is -0.828. The highest BCUT2D eigenvalue weighted by atomic mass is 16.5. The lowest BCUT2D eigenvalue weighted by Gasteiger charge is -2.15. The molecular weight excluding hydrogens is 346 g/mol. The van der Waals surface area contributed by atoms with E-state index >= 15 is 0 Å². The predicted octanol–water partition coefficient (Wildman–Crippen LogP) is 1.45. The molecule has 1 heterocycles. The molecule has 138 valence electrons. The summed E-state index contributed by atoms with van der Waals surface area (Å²) in [6.07, 6.45) is 1.45. The van der Waals surface area contributed by atoms with E-state index in [1.807, 2.05) is 30.3 Å². The zero-order valence-corrected chi connectivity index (χ0v) is 14.7. The highest BCUT2D eigenvalue weighted by molar-refractivity contribution is 6.03. The van der Waals surface area contributed by atoms with Gasteiger partial charge in [0.1, 0.15) is 5.92 Å². The number of rotatable bonds is 5. The van der Waals surface area contributed by atoms with E-state index < -0.39 is 17.8 Å². The lowest BCUT2D eigenvalue weighted by atomic mass is 9.88. The van der Waals surface area contributed by atoms with Crippen LogP contribution in [0, 0.1) is 5.92 Å². The van der Waals surface area contributed by atoms with Crippen LogP contribution in [0.3, 0.4) is 0 Å². The maximum Gasteiger partial charge on any atom is 0.337 e. The summed E-state index contributed by atoms with van der Waals surface area (Å²) in [5.74, 6) is -2.24. The minimum absolute atomic E-state index is 0.228. The lowest BCUT2D eigenvalue weighted by molar-refractivity contribution is -0.133. The first-order chi connectivity index (χ1) is 13.1. The van der Waals surface area contributed by atoms with Gasteiger partial charge in [-0.15, -0.1) is 0 Å². The van der Waals surface area contributed by atoms with E-state index in [1.54, 1.807) is 24.3 Å². The Hall–Kier alpha value is -3.48. The zero-order chi connectivity index (χ0) is 19.2. The molecule has 7 nitrogen and oxygen atoms in total. The van der Waals surface area contributed by atoms with Crippen LogP contribution in [0.25, 0.3) is 0 Å². The van der Waals surface area contributed by atoms with Gasteiger partial charge in [-0.05, 0) is 23.3 Å². The zero-order valence-electron chi connectivity index (χ0n) is 14.7. The summed E-state index contributed by atoms with van der Waals surface area (Å²) in [6.45, 7) is 0.416. The van der Waals surface area contributed by atoms with Gasteiger partial charge < -0.3 is 10.1 Å². The number of amides is 2. The minimum Gasteiger partial charge on any atom is -0.465 e. The summed E-state index contributed by atoms with van der Waals surface area (Å²) >= 11 is 0. The molecule has 1 aliphatic heterocycles. The third-order valence-electron chi connectivity index (χ3n) is 4.41. The summed E-state index contributed by atoms with van der Waals surface area (Å²) < 4.78 is 4.63. The van der Waals surface area contributed by atoms with Crippen LogP contribution >= 0.6 is 0 Å². The normalized spacial score (nSPS) is 18.9. The number of hydrazone groups is 1. The molecule has 27 heavy (non-hydrogen) atoms. The highest BCUT2D eigenvalue weighted by Gasteiger charge is 2.40. The first-order valence-electron chi connectivity index (χ1n) is 8.44. The fraction of sp³-hybridized carbons (Fsp3) is 0.200. The van der Waals surface area contributed by atoms with Gasteiger partial charge >= 0.3 is 5.97 Å². The molecule has 0 aromatic heterocycles. The van der Waals surface area contributed by atoms with E-state index in [2.05, 4.69) is 20.6 Å². The van der Waals surface area contributed by atoms with E-state index in [4.69, 9.17) is 0 Å². The van der Waals surface area contributed by atoms with Crippen molar-refractivity contribution in [2.45, 2.75) is 5.92 Å². The molecule has 2 N–H and O–H groups in total. The third-order valence-corrected chi connectivity index (χ3v) is 4.41. The third kappa shape index (κ3) is 4.20. The fourth-order valence-electron chi connectivity index (χ4n) is 3.00. The van der Waals surface area contributed by atoms with E-state index in [0.29, 0.717) is 17.7 Å². The van der Waals surface area contributed by atoms with Crippen molar-refractivity contribution in [1.82, 2.24) is 10.7 Å². The number of methoxy groups -OCH3 is 1. The van der Waals surface area contributed by atoms with Crippen molar-refractivity contribution in [2.75, 3.05) is 13.7 Å². The SMILES string of the molecule is COC(=O)c1ccc(/C=N\NC(=O)C2C(=O)NCC2c2ccccc2)cc1. The van der Waals surface area contributed by atoms with Gasteiger partial charge in [-0.2, -0.15) is 5.10 Å². The summed E-state index contributed by atoms with van der Waals surface area (Å²) in [7, 11) is 1.31. The van der Waals surface area contributed by atoms with Gasteiger partial charge in [0.15, 0.2) is 0 Å². The molecule has 3 rings (SSSR count). The molecule has 0 spiro atoms. The van der Waals surface area contributed by atoms with E-state index in [9.17, 15) is 14.4 Å². The number of esters is 1. The van der Waals surface area contributed by atoms with Crippen molar-refractivity contribution in [3.8, 4) is 0 Å².